The summed E-state index contributed by atoms with van der Waals surface area (Å²) in [4.78, 5) is 27.3. The van der Waals surface area contributed by atoms with E-state index in [2.05, 4.69) is 53.6 Å². The largest absolute Gasteiger partial charge is 0.481 e. The number of hydrogen-bond donors (Lipinski definition) is 2. The van der Waals surface area contributed by atoms with Crippen LogP contribution in [0.15, 0.2) is 30.3 Å². The molecule has 3 aliphatic carbocycles. The number of likely N-dealkylation sites (tertiary alicyclic amines) is 1. The molecular weight excluding hydrogens is 428 g/mol. The van der Waals surface area contributed by atoms with Crippen LogP contribution in [0.3, 0.4) is 0 Å². The fourth-order valence-corrected chi connectivity index (χ4v) is 7.03. The lowest BCUT2D eigenvalue weighted by Gasteiger charge is -2.46. The first-order valence-corrected chi connectivity index (χ1v) is 12.8. The first-order valence-electron chi connectivity index (χ1n) is 12.8. The molecule has 2 N–H and O–H groups in total. The van der Waals surface area contributed by atoms with Gasteiger partial charge in [-0.15, -0.1) is 0 Å². The second kappa shape index (κ2) is 8.11. The molecule has 1 saturated heterocycles. The molecule has 5 rings (SSSR count). The molecule has 1 heterocycles. The number of alkyl carbamates (subject to hydrolysis) is 1. The lowest BCUT2D eigenvalue weighted by molar-refractivity contribution is -0.150. The van der Waals surface area contributed by atoms with Crippen molar-refractivity contribution in [3.8, 4) is 0 Å². The fourth-order valence-electron chi connectivity index (χ4n) is 7.03. The summed E-state index contributed by atoms with van der Waals surface area (Å²) < 4.78 is 5.38. The van der Waals surface area contributed by atoms with Crippen molar-refractivity contribution in [3.05, 3.63) is 41.5 Å². The predicted octanol–water partition coefficient (Wildman–Crippen LogP) is 4.83. The number of hydrogen-bond acceptors (Lipinski definition) is 4. The minimum atomic E-state index is -0.747. The topological polar surface area (TPSA) is 78.9 Å². The van der Waals surface area contributed by atoms with E-state index in [-0.39, 0.29) is 17.4 Å². The van der Waals surface area contributed by atoms with Crippen LogP contribution in [0.2, 0.25) is 0 Å². The van der Waals surface area contributed by atoms with Gasteiger partial charge in [-0.2, -0.15) is 0 Å². The third-order valence-electron chi connectivity index (χ3n) is 8.89. The minimum Gasteiger partial charge on any atom is -0.481 e. The molecule has 1 aromatic carbocycles. The van der Waals surface area contributed by atoms with E-state index < -0.39 is 23.1 Å². The number of allylic oxidation sites excluding steroid dienone is 1. The van der Waals surface area contributed by atoms with E-state index in [1.54, 1.807) is 0 Å². The zero-order valence-electron chi connectivity index (χ0n) is 20.8. The third kappa shape index (κ3) is 3.94. The lowest BCUT2D eigenvalue weighted by atomic mass is 9.67. The standard InChI is InChI=1S/C28H38N2O4/c1-18-17-30(14-13-27(18)11-9-19-7-5-6-8-21(19)27)20-10-12-28(16-20,24(31)32)22-15-23(22)29-25(33)34-26(2,3)4/h5-9,11,18,20,22-23H,10,12-17H2,1-4H3,(H,29,33)(H,31,32)/t18-,20?,22?,23?,27-,28?/m0/s1. The molecule has 34 heavy (non-hydrogen) atoms. The first kappa shape index (κ1) is 23.4. The van der Waals surface area contributed by atoms with Crippen LogP contribution >= 0.6 is 0 Å². The minimum absolute atomic E-state index is 0.0132. The summed E-state index contributed by atoms with van der Waals surface area (Å²) in [5, 5.41) is 13.2. The van der Waals surface area contributed by atoms with Gasteiger partial charge in [0, 0.05) is 24.0 Å². The summed E-state index contributed by atoms with van der Waals surface area (Å²) >= 11 is 0. The third-order valence-corrected chi connectivity index (χ3v) is 8.89. The van der Waals surface area contributed by atoms with Crippen LogP contribution < -0.4 is 5.32 Å². The van der Waals surface area contributed by atoms with E-state index in [0.29, 0.717) is 24.8 Å². The normalized spacial score (nSPS) is 36.9. The zero-order valence-corrected chi connectivity index (χ0v) is 20.8. The number of carbonyl (C=O) groups is 2. The maximum atomic E-state index is 12.5. The van der Waals surface area contributed by atoms with Gasteiger partial charge in [0.2, 0.25) is 0 Å². The molecule has 4 unspecified atom stereocenters. The Morgan fingerprint density at radius 1 is 1.21 bits per heavy atom. The summed E-state index contributed by atoms with van der Waals surface area (Å²) in [6, 6.07) is 8.91. The summed E-state index contributed by atoms with van der Waals surface area (Å²) in [6.45, 7) is 9.83. The number of carboxylic acid groups (broad SMARTS) is 1. The summed E-state index contributed by atoms with van der Waals surface area (Å²) in [5.74, 6) is -0.244. The summed E-state index contributed by atoms with van der Waals surface area (Å²) in [5.41, 5.74) is 1.58. The number of carbonyl (C=O) groups excluding carboxylic acids is 1. The van der Waals surface area contributed by atoms with Gasteiger partial charge in [-0.1, -0.05) is 43.3 Å². The average molecular weight is 467 g/mol. The van der Waals surface area contributed by atoms with E-state index in [9.17, 15) is 14.7 Å². The SMILES string of the molecule is C[C@H]1CN(C2CCC(C(=O)O)(C3CC3NC(=O)OC(C)(C)C)C2)CC[C@@]12C=Cc1ccccc12. The highest BCUT2D eigenvalue weighted by molar-refractivity contribution is 5.77. The van der Waals surface area contributed by atoms with E-state index in [1.165, 1.54) is 11.1 Å². The van der Waals surface area contributed by atoms with Gasteiger partial charge in [0.1, 0.15) is 5.60 Å². The van der Waals surface area contributed by atoms with Gasteiger partial charge in [0.05, 0.1) is 5.41 Å². The number of aliphatic carboxylic acids is 1. The van der Waals surface area contributed by atoms with Crippen LogP contribution in [0.4, 0.5) is 4.79 Å². The molecule has 184 valence electrons. The van der Waals surface area contributed by atoms with Gasteiger partial charge in [0.15, 0.2) is 0 Å². The number of carboxylic acids is 1. The Morgan fingerprint density at radius 2 is 1.97 bits per heavy atom. The number of ether oxygens (including phenoxy) is 1. The average Bonchev–Trinajstić information content (AvgIpc) is 3.22. The van der Waals surface area contributed by atoms with E-state index in [1.807, 2.05) is 20.8 Å². The molecule has 0 radical (unpaired) electrons. The van der Waals surface area contributed by atoms with Crippen molar-refractivity contribution in [2.45, 2.75) is 82.9 Å². The molecule has 1 spiro atoms. The van der Waals surface area contributed by atoms with Gasteiger partial charge in [0.25, 0.3) is 0 Å². The monoisotopic (exact) mass is 466 g/mol. The van der Waals surface area contributed by atoms with Crippen molar-refractivity contribution in [2.75, 3.05) is 13.1 Å². The van der Waals surface area contributed by atoms with Crippen LogP contribution in [0.1, 0.15) is 70.9 Å². The van der Waals surface area contributed by atoms with E-state index >= 15 is 0 Å². The Bertz CT molecular complexity index is 1010. The van der Waals surface area contributed by atoms with Crippen LogP contribution in [0.25, 0.3) is 6.08 Å². The molecule has 1 amide bonds. The number of benzene rings is 1. The molecule has 1 aromatic rings. The molecule has 0 aromatic heterocycles. The Morgan fingerprint density at radius 3 is 2.68 bits per heavy atom. The summed E-state index contributed by atoms with van der Waals surface area (Å²) in [6.07, 6.45) is 8.30. The second-order valence-electron chi connectivity index (χ2n) is 12.1. The number of amides is 1. The van der Waals surface area contributed by atoms with Gasteiger partial charge in [-0.3, -0.25) is 9.69 Å². The lowest BCUT2D eigenvalue weighted by Crippen LogP contribution is -2.51. The molecule has 4 aliphatic rings. The highest BCUT2D eigenvalue weighted by Gasteiger charge is 2.61. The molecule has 6 nitrogen and oxygen atoms in total. The second-order valence-corrected chi connectivity index (χ2v) is 12.1. The Hall–Kier alpha value is -2.34. The fraction of sp³-hybridized carbons (Fsp3) is 0.643. The Kier molecular flexibility index (Phi) is 5.58. The van der Waals surface area contributed by atoms with Crippen LogP contribution in [0, 0.1) is 17.3 Å². The number of rotatable bonds is 4. The number of nitrogens with zero attached hydrogens (tertiary/aromatic N) is 1. The van der Waals surface area contributed by atoms with Crippen molar-refractivity contribution in [1.82, 2.24) is 10.2 Å². The van der Waals surface area contributed by atoms with Crippen molar-refractivity contribution in [1.29, 1.82) is 0 Å². The number of fused-ring (bicyclic) bond motifs is 2. The molecule has 6 atom stereocenters. The van der Waals surface area contributed by atoms with Gasteiger partial charge >= 0.3 is 12.1 Å². The van der Waals surface area contributed by atoms with E-state index in [0.717, 1.165) is 32.4 Å². The molecule has 2 saturated carbocycles. The Labute approximate surface area is 202 Å². The number of piperidine rings is 1. The van der Waals surface area contributed by atoms with Crippen molar-refractivity contribution < 1.29 is 19.4 Å². The highest BCUT2D eigenvalue weighted by Crippen LogP contribution is 2.57. The van der Waals surface area contributed by atoms with Gasteiger partial charge in [-0.25, -0.2) is 4.79 Å². The smallest absolute Gasteiger partial charge is 0.407 e. The van der Waals surface area contributed by atoms with Gasteiger partial charge < -0.3 is 15.2 Å². The van der Waals surface area contributed by atoms with E-state index in [4.69, 9.17) is 4.74 Å². The zero-order chi connectivity index (χ0) is 24.3. The summed E-state index contributed by atoms with van der Waals surface area (Å²) in [7, 11) is 0. The molecule has 0 bridgehead atoms. The quantitative estimate of drug-likeness (QED) is 0.665. The van der Waals surface area contributed by atoms with Crippen molar-refractivity contribution in [2.24, 2.45) is 17.3 Å². The van der Waals surface area contributed by atoms with Gasteiger partial charge in [-0.05, 0) is 82.4 Å². The highest BCUT2D eigenvalue weighted by atomic mass is 16.6. The van der Waals surface area contributed by atoms with Crippen LogP contribution in [0.5, 0.6) is 0 Å². The van der Waals surface area contributed by atoms with Crippen molar-refractivity contribution >= 4 is 18.1 Å². The molecule has 1 aliphatic heterocycles. The van der Waals surface area contributed by atoms with Crippen molar-refractivity contribution in [3.63, 3.8) is 0 Å². The molecule has 3 fully saturated rings. The maximum Gasteiger partial charge on any atom is 0.407 e. The number of nitrogens with one attached hydrogen (secondary N) is 1. The Balaban J connectivity index is 1.23. The van der Waals surface area contributed by atoms with Crippen LogP contribution in [-0.4, -0.2) is 52.8 Å². The first-order chi connectivity index (χ1) is 16.0. The molecule has 6 heteroatoms. The van der Waals surface area contributed by atoms with Crippen LogP contribution in [-0.2, 0) is 14.9 Å². The maximum absolute atomic E-state index is 12.5. The predicted molar refractivity (Wildman–Crippen MR) is 131 cm³/mol. The molecular formula is C28H38N2O4.